The van der Waals surface area contributed by atoms with Crippen molar-refractivity contribution >= 4 is 5.97 Å². The zero-order valence-corrected chi connectivity index (χ0v) is 9.63. The van der Waals surface area contributed by atoms with Crippen LogP contribution in [0, 0.1) is 5.92 Å². The molecule has 0 aromatic carbocycles. The summed E-state index contributed by atoms with van der Waals surface area (Å²) in [5.74, 6) is -0.744. The maximum atomic E-state index is 11.6. The number of carboxylic acids is 1. The van der Waals surface area contributed by atoms with Crippen molar-refractivity contribution in [1.82, 2.24) is 4.57 Å². The van der Waals surface area contributed by atoms with E-state index in [1.165, 1.54) is 22.9 Å². The Morgan fingerprint density at radius 2 is 2.35 bits per heavy atom. The summed E-state index contributed by atoms with van der Waals surface area (Å²) in [5.41, 5.74) is -0.0368. The Kier molecular flexibility index (Phi) is 3.28. The number of aromatic carboxylic acids is 1. The molecule has 0 amide bonds. The Balaban J connectivity index is 2.22. The lowest BCUT2D eigenvalue weighted by atomic mass is 10.0. The molecule has 1 fully saturated rings. The summed E-state index contributed by atoms with van der Waals surface area (Å²) in [6, 6.07) is 2.62. The summed E-state index contributed by atoms with van der Waals surface area (Å²) in [6.07, 6.45) is 2.43. The average molecular weight is 237 g/mol. The monoisotopic (exact) mass is 237 g/mol. The molecule has 1 aromatic heterocycles. The molecule has 0 radical (unpaired) electrons. The first kappa shape index (κ1) is 11.9. The number of carbonyl (C=O) groups is 1. The van der Waals surface area contributed by atoms with Gasteiger partial charge in [0.25, 0.3) is 5.56 Å². The highest BCUT2D eigenvalue weighted by molar-refractivity contribution is 5.87. The Labute approximate surface area is 98.6 Å². The molecule has 1 aromatic rings. The summed E-state index contributed by atoms with van der Waals surface area (Å²) in [7, 11) is 0. The van der Waals surface area contributed by atoms with Crippen molar-refractivity contribution < 1.29 is 14.6 Å². The molecule has 2 heterocycles. The number of hydrogen-bond donors (Lipinski definition) is 1. The van der Waals surface area contributed by atoms with Gasteiger partial charge in [-0.1, -0.05) is 0 Å². The molecule has 5 nitrogen and oxygen atoms in total. The molecular weight excluding hydrogens is 222 g/mol. The lowest BCUT2D eigenvalue weighted by Gasteiger charge is -2.15. The summed E-state index contributed by atoms with van der Waals surface area (Å²) >= 11 is 0. The van der Waals surface area contributed by atoms with E-state index in [1.807, 2.05) is 6.92 Å². The molecule has 0 aliphatic carbocycles. The lowest BCUT2D eigenvalue weighted by Crippen LogP contribution is -2.26. The lowest BCUT2D eigenvalue weighted by molar-refractivity contribution is 0.0695. The third-order valence-electron chi connectivity index (χ3n) is 3.19. The van der Waals surface area contributed by atoms with Crippen LogP contribution in [0.25, 0.3) is 0 Å². The van der Waals surface area contributed by atoms with Gasteiger partial charge in [-0.2, -0.15) is 0 Å². The van der Waals surface area contributed by atoms with Crippen LogP contribution in [0.2, 0.25) is 0 Å². The highest BCUT2D eigenvalue weighted by Gasteiger charge is 2.24. The molecule has 2 atom stereocenters. The van der Waals surface area contributed by atoms with E-state index in [9.17, 15) is 9.59 Å². The molecule has 0 bridgehead atoms. The highest BCUT2D eigenvalue weighted by atomic mass is 16.5. The topological polar surface area (TPSA) is 68.5 Å². The van der Waals surface area contributed by atoms with Crippen LogP contribution in [0.15, 0.2) is 23.1 Å². The fourth-order valence-corrected chi connectivity index (χ4v) is 2.07. The summed E-state index contributed by atoms with van der Waals surface area (Å²) in [6.45, 7) is 3.20. The first-order chi connectivity index (χ1) is 8.08. The van der Waals surface area contributed by atoms with E-state index in [0.29, 0.717) is 13.2 Å². The molecule has 1 N–H and O–H groups in total. The van der Waals surface area contributed by atoms with Crippen LogP contribution in [0.4, 0.5) is 0 Å². The normalized spacial score (nSPS) is 23.8. The van der Waals surface area contributed by atoms with Gasteiger partial charge >= 0.3 is 5.97 Å². The van der Waals surface area contributed by atoms with Gasteiger partial charge in [-0.15, -0.1) is 0 Å². The first-order valence-corrected chi connectivity index (χ1v) is 5.63. The second-order valence-electron chi connectivity index (χ2n) is 4.34. The molecule has 1 saturated heterocycles. The van der Waals surface area contributed by atoms with Crippen molar-refractivity contribution in [2.24, 2.45) is 5.92 Å². The third-order valence-corrected chi connectivity index (χ3v) is 3.19. The van der Waals surface area contributed by atoms with Gasteiger partial charge in [0, 0.05) is 31.3 Å². The third kappa shape index (κ3) is 2.55. The number of aromatic nitrogens is 1. The van der Waals surface area contributed by atoms with E-state index in [0.717, 1.165) is 6.42 Å². The zero-order valence-electron chi connectivity index (χ0n) is 9.63. The predicted octanol–water partition coefficient (Wildman–Crippen LogP) is 0.972. The second-order valence-corrected chi connectivity index (χ2v) is 4.34. The van der Waals surface area contributed by atoms with Gasteiger partial charge in [0.15, 0.2) is 0 Å². The Morgan fingerprint density at radius 1 is 1.59 bits per heavy atom. The molecule has 2 rings (SSSR count). The number of ether oxygens (including phenoxy) is 1. The largest absolute Gasteiger partial charge is 0.478 e. The Hall–Kier alpha value is -1.62. The van der Waals surface area contributed by atoms with E-state index in [4.69, 9.17) is 9.84 Å². The van der Waals surface area contributed by atoms with E-state index >= 15 is 0 Å². The van der Waals surface area contributed by atoms with E-state index in [-0.39, 0.29) is 23.1 Å². The maximum absolute atomic E-state index is 11.6. The molecular formula is C12H15NO4. The standard InChI is InChI=1S/C12H15NO4/c1-8-9(4-5-17-8)6-13-7-10(12(15)16)2-3-11(13)14/h2-3,7-9H,4-6H2,1H3,(H,15,16). The van der Waals surface area contributed by atoms with Crippen LogP contribution >= 0.6 is 0 Å². The fourth-order valence-electron chi connectivity index (χ4n) is 2.07. The SMILES string of the molecule is CC1OCCC1Cn1cc(C(=O)O)ccc1=O. The van der Waals surface area contributed by atoms with Gasteiger partial charge in [0.05, 0.1) is 11.7 Å². The highest BCUT2D eigenvalue weighted by Crippen LogP contribution is 2.21. The number of carboxylic acid groups (broad SMARTS) is 1. The number of hydrogen-bond acceptors (Lipinski definition) is 3. The minimum atomic E-state index is -1.02. The van der Waals surface area contributed by atoms with E-state index < -0.39 is 5.97 Å². The first-order valence-electron chi connectivity index (χ1n) is 5.63. The van der Waals surface area contributed by atoms with Gasteiger partial charge in [-0.05, 0) is 19.4 Å². The quantitative estimate of drug-likeness (QED) is 0.850. The second kappa shape index (κ2) is 4.71. The van der Waals surface area contributed by atoms with Crippen molar-refractivity contribution in [3.63, 3.8) is 0 Å². The molecule has 0 spiro atoms. The summed E-state index contributed by atoms with van der Waals surface area (Å²) in [5, 5.41) is 8.87. The van der Waals surface area contributed by atoms with Crippen LogP contribution in [0.3, 0.4) is 0 Å². The van der Waals surface area contributed by atoms with Gasteiger partial charge < -0.3 is 14.4 Å². The molecule has 5 heteroatoms. The fraction of sp³-hybridized carbons (Fsp3) is 0.500. The smallest absolute Gasteiger partial charge is 0.337 e. The van der Waals surface area contributed by atoms with Gasteiger partial charge in [-0.3, -0.25) is 4.79 Å². The number of rotatable bonds is 3. The minimum Gasteiger partial charge on any atom is -0.478 e. The van der Waals surface area contributed by atoms with Gasteiger partial charge in [0.1, 0.15) is 0 Å². The van der Waals surface area contributed by atoms with Crippen LogP contribution in [0.5, 0.6) is 0 Å². The maximum Gasteiger partial charge on any atom is 0.337 e. The summed E-state index contributed by atoms with van der Waals surface area (Å²) in [4.78, 5) is 22.4. The average Bonchev–Trinajstić information content (AvgIpc) is 2.67. The van der Waals surface area contributed by atoms with E-state index in [1.54, 1.807) is 0 Å². The molecule has 17 heavy (non-hydrogen) atoms. The minimum absolute atomic E-state index is 0.121. The van der Waals surface area contributed by atoms with Gasteiger partial charge in [0.2, 0.25) is 0 Å². The Morgan fingerprint density at radius 3 is 2.94 bits per heavy atom. The van der Waals surface area contributed by atoms with Crippen molar-refractivity contribution in [3.05, 3.63) is 34.2 Å². The van der Waals surface area contributed by atoms with Gasteiger partial charge in [-0.25, -0.2) is 4.79 Å². The molecule has 1 aliphatic rings. The van der Waals surface area contributed by atoms with Crippen molar-refractivity contribution in [2.45, 2.75) is 26.0 Å². The van der Waals surface area contributed by atoms with Crippen LogP contribution in [-0.2, 0) is 11.3 Å². The number of pyridine rings is 1. The number of nitrogens with zero attached hydrogens (tertiary/aromatic N) is 1. The molecule has 0 saturated carbocycles. The van der Waals surface area contributed by atoms with Crippen molar-refractivity contribution in [3.8, 4) is 0 Å². The molecule has 2 unspecified atom stereocenters. The van der Waals surface area contributed by atoms with Crippen LogP contribution in [0.1, 0.15) is 23.7 Å². The van der Waals surface area contributed by atoms with Crippen LogP contribution in [-0.4, -0.2) is 28.4 Å². The van der Waals surface area contributed by atoms with Crippen LogP contribution < -0.4 is 5.56 Å². The predicted molar refractivity (Wildman–Crippen MR) is 61.2 cm³/mol. The van der Waals surface area contributed by atoms with Crippen molar-refractivity contribution in [2.75, 3.05) is 6.61 Å². The summed E-state index contributed by atoms with van der Waals surface area (Å²) < 4.78 is 6.88. The molecule has 92 valence electrons. The van der Waals surface area contributed by atoms with Crippen molar-refractivity contribution in [1.29, 1.82) is 0 Å². The molecule has 1 aliphatic heterocycles. The zero-order chi connectivity index (χ0) is 12.4. The Bertz CT molecular complexity index is 480. The van der Waals surface area contributed by atoms with E-state index in [2.05, 4.69) is 0 Å².